The number of aliphatic hydroxyl groups is 1. The van der Waals surface area contributed by atoms with Gasteiger partial charge in [0.25, 0.3) is 0 Å². The van der Waals surface area contributed by atoms with Crippen LogP contribution in [-0.4, -0.2) is 49.8 Å². The normalized spacial score (nSPS) is 18.1. The van der Waals surface area contributed by atoms with Gasteiger partial charge in [-0.25, -0.2) is 0 Å². The van der Waals surface area contributed by atoms with E-state index in [0.717, 1.165) is 12.8 Å². The van der Waals surface area contributed by atoms with Gasteiger partial charge in [-0.1, -0.05) is 48.0 Å². The molecule has 0 aromatic carbocycles. The summed E-state index contributed by atoms with van der Waals surface area (Å²) in [7, 11) is 7.49. The average molecular weight is 283 g/mol. The third-order valence-electron chi connectivity index (χ3n) is 4.74. The number of nitrogens with zero attached hydrogens (tertiary/aromatic N) is 1. The maximum absolute atomic E-state index is 9.37. The van der Waals surface area contributed by atoms with E-state index in [2.05, 4.69) is 48.5 Å². The number of ether oxygens (including phenoxy) is 1. The predicted molar refractivity (Wildman–Crippen MR) is 86.9 cm³/mol. The van der Waals surface area contributed by atoms with Crippen molar-refractivity contribution >= 4 is 7.98 Å². The van der Waals surface area contributed by atoms with E-state index in [1.165, 1.54) is 4.81 Å². The van der Waals surface area contributed by atoms with Crippen LogP contribution < -0.4 is 0 Å². The van der Waals surface area contributed by atoms with Crippen LogP contribution in [-0.2, 0) is 4.74 Å². The summed E-state index contributed by atoms with van der Waals surface area (Å²) in [5.74, 6) is 0. The van der Waals surface area contributed by atoms with E-state index in [0.29, 0.717) is 6.61 Å². The summed E-state index contributed by atoms with van der Waals surface area (Å²) >= 11 is 0. The highest BCUT2D eigenvalue weighted by atomic mass is 16.5. The van der Waals surface area contributed by atoms with Crippen molar-refractivity contribution in [2.45, 2.75) is 73.0 Å². The molecule has 0 spiro atoms. The van der Waals surface area contributed by atoms with Crippen molar-refractivity contribution in [2.75, 3.05) is 20.3 Å². The zero-order valence-corrected chi connectivity index (χ0v) is 14.8. The molecule has 118 valence electrons. The van der Waals surface area contributed by atoms with Gasteiger partial charge in [-0.2, -0.15) is 0 Å². The molecule has 3 nitrogen and oxygen atoms in total. The van der Waals surface area contributed by atoms with Gasteiger partial charge in [0.15, 0.2) is 7.98 Å². The summed E-state index contributed by atoms with van der Waals surface area (Å²) in [5, 5.41) is 9.37. The van der Waals surface area contributed by atoms with Crippen LogP contribution in [0.25, 0.3) is 0 Å². The van der Waals surface area contributed by atoms with Crippen LogP contribution in [0.4, 0.5) is 0 Å². The van der Waals surface area contributed by atoms with Crippen molar-refractivity contribution < 1.29 is 9.84 Å². The molecular formula is C16H34BNO2. The largest absolute Gasteiger partial charge is 0.395 e. The van der Waals surface area contributed by atoms with Gasteiger partial charge in [-0.05, 0) is 31.2 Å². The molecule has 0 heterocycles. The number of hydrogen-bond donors (Lipinski definition) is 1. The van der Waals surface area contributed by atoms with E-state index in [1.54, 1.807) is 7.05 Å². The lowest BCUT2D eigenvalue weighted by molar-refractivity contribution is -0.137. The molecule has 1 N–H and O–H groups in total. The molecule has 2 atom stereocenters. The third-order valence-corrected chi connectivity index (χ3v) is 4.74. The van der Waals surface area contributed by atoms with Crippen molar-refractivity contribution in [1.29, 1.82) is 0 Å². The molecule has 2 unspecified atom stereocenters. The number of likely N-dealkylation sites (N-methyl/N-ethyl adjacent to an activating group) is 1. The first-order valence-corrected chi connectivity index (χ1v) is 7.61. The maximum Gasteiger partial charge on any atom is 0.182 e. The van der Waals surface area contributed by atoms with Crippen molar-refractivity contribution in [3.8, 4) is 0 Å². The van der Waals surface area contributed by atoms with Crippen LogP contribution in [0.2, 0.25) is 0 Å². The standard InChI is InChI=1S/C16H34BNO2/c1-9-15(5,6)12-16(7,14(2,3)4)20-11-13(10-19)18(8)17/h13,19H,9-12H2,1-8H3. The first kappa shape index (κ1) is 19.9. The quantitative estimate of drug-likeness (QED) is 0.695. The molecule has 0 aliphatic rings. The summed E-state index contributed by atoms with van der Waals surface area (Å²) in [6.45, 7) is 16.0. The molecule has 0 aliphatic carbocycles. The smallest absolute Gasteiger partial charge is 0.182 e. The predicted octanol–water partition coefficient (Wildman–Crippen LogP) is 3.01. The fourth-order valence-electron chi connectivity index (χ4n) is 2.15. The second-order valence-corrected chi connectivity index (χ2v) is 7.99. The highest BCUT2D eigenvalue weighted by Gasteiger charge is 2.42. The van der Waals surface area contributed by atoms with E-state index in [1.807, 2.05) is 0 Å². The molecule has 0 rings (SSSR count). The minimum absolute atomic E-state index is 0.00436. The second-order valence-electron chi connectivity index (χ2n) is 7.99. The summed E-state index contributed by atoms with van der Waals surface area (Å²) in [6, 6.07) is -0.165. The van der Waals surface area contributed by atoms with E-state index < -0.39 is 0 Å². The zero-order valence-electron chi connectivity index (χ0n) is 14.8. The van der Waals surface area contributed by atoms with Gasteiger partial charge < -0.3 is 14.7 Å². The van der Waals surface area contributed by atoms with Gasteiger partial charge in [0.2, 0.25) is 0 Å². The van der Waals surface area contributed by atoms with E-state index in [-0.39, 0.29) is 29.1 Å². The summed E-state index contributed by atoms with van der Waals surface area (Å²) in [5.41, 5.74) is -0.00604. The van der Waals surface area contributed by atoms with Gasteiger partial charge in [0.05, 0.1) is 18.8 Å². The maximum atomic E-state index is 9.37. The Balaban J connectivity index is 4.99. The molecule has 0 aliphatic heterocycles. The molecular weight excluding hydrogens is 249 g/mol. The minimum Gasteiger partial charge on any atom is -0.395 e. The van der Waals surface area contributed by atoms with Crippen LogP contribution in [0, 0.1) is 10.8 Å². The fraction of sp³-hybridized carbons (Fsp3) is 1.00. The van der Waals surface area contributed by atoms with Crippen molar-refractivity contribution in [1.82, 2.24) is 4.81 Å². The van der Waals surface area contributed by atoms with Crippen LogP contribution >= 0.6 is 0 Å². The third kappa shape index (κ3) is 5.75. The second kappa shape index (κ2) is 7.28. The Labute approximate surface area is 127 Å². The fourth-order valence-corrected chi connectivity index (χ4v) is 2.15. The highest BCUT2D eigenvalue weighted by molar-refractivity contribution is 6.04. The first-order valence-electron chi connectivity index (χ1n) is 7.61. The van der Waals surface area contributed by atoms with Crippen LogP contribution in [0.3, 0.4) is 0 Å². The van der Waals surface area contributed by atoms with Crippen molar-refractivity contribution in [2.24, 2.45) is 10.8 Å². The van der Waals surface area contributed by atoms with E-state index in [9.17, 15) is 5.11 Å². The lowest BCUT2D eigenvalue weighted by Gasteiger charge is -2.47. The summed E-state index contributed by atoms with van der Waals surface area (Å²) in [4.78, 5) is 1.52. The molecule has 0 bridgehead atoms. The molecule has 0 saturated heterocycles. The van der Waals surface area contributed by atoms with Gasteiger partial charge in [-0.15, -0.1) is 0 Å². The summed E-state index contributed by atoms with van der Waals surface area (Å²) in [6.07, 6.45) is 2.09. The average Bonchev–Trinajstić information content (AvgIpc) is 2.27. The number of hydrogen-bond acceptors (Lipinski definition) is 3. The highest BCUT2D eigenvalue weighted by Crippen LogP contribution is 2.43. The lowest BCUT2D eigenvalue weighted by Crippen LogP contribution is -2.49. The SMILES string of the molecule is [B]N(C)C(CO)COC(C)(CC(C)(C)CC)C(C)(C)C. The molecule has 0 saturated carbocycles. The number of aliphatic hydroxyl groups excluding tert-OH is 1. The molecule has 0 fully saturated rings. The Morgan fingerprint density at radius 3 is 1.95 bits per heavy atom. The molecule has 20 heavy (non-hydrogen) atoms. The van der Waals surface area contributed by atoms with Crippen LogP contribution in [0.1, 0.15) is 61.3 Å². The Morgan fingerprint density at radius 1 is 1.15 bits per heavy atom. The van der Waals surface area contributed by atoms with Crippen molar-refractivity contribution in [3.63, 3.8) is 0 Å². The molecule has 2 radical (unpaired) electrons. The van der Waals surface area contributed by atoms with Crippen LogP contribution in [0.15, 0.2) is 0 Å². The topological polar surface area (TPSA) is 32.7 Å². The van der Waals surface area contributed by atoms with Crippen LogP contribution in [0.5, 0.6) is 0 Å². The molecule has 0 aromatic rings. The van der Waals surface area contributed by atoms with E-state index >= 15 is 0 Å². The number of rotatable bonds is 8. The zero-order chi connectivity index (χ0) is 16.2. The monoisotopic (exact) mass is 283 g/mol. The first-order chi connectivity index (χ1) is 8.88. The van der Waals surface area contributed by atoms with Crippen molar-refractivity contribution in [3.05, 3.63) is 0 Å². The Bertz CT molecular complexity index is 287. The Hall–Kier alpha value is -0.0551. The Kier molecular flexibility index (Phi) is 7.26. The van der Waals surface area contributed by atoms with Gasteiger partial charge >= 0.3 is 0 Å². The van der Waals surface area contributed by atoms with Gasteiger partial charge in [0, 0.05) is 6.04 Å². The van der Waals surface area contributed by atoms with Gasteiger partial charge in [0.1, 0.15) is 0 Å². The Morgan fingerprint density at radius 2 is 1.65 bits per heavy atom. The van der Waals surface area contributed by atoms with E-state index in [4.69, 9.17) is 12.7 Å². The molecule has 0 aromatic heterocycles. The molecule has 0 amide bonds. The van der Waals surface area contributed by atoms with Gasteiger partial charge in [-0.3, -0.25) is 0 Å². The summed E-state index contributed by atoms with van der Waals surface area (Å²) < 4.78 is 6.26. The molecule has 4 heteroatoms. The lowest BCUT2D eigenvalue weighted by atomic mass is 9.68. The minimum atomic E-state index is -0.254.